The molecule has 174 valence electrons. The predicted octanol–water partition coefficient (Wildman–Crippen LogP) is -2.54. The summed E-state index contributed by atoms with van der Waals surface area (Å²) in [5.41, 5.74) is -0.104. The van der Waals surface area contributed by atoms with Crippen molar-refractivity contribution in [3.8, 4) is 0 Å². The van der Waals surface area contributed by atoms with Gasteiger partial charge in [0.25, 0.3) is 0 Å². The van der Waals surface area contributed by atoms with E-state index in [0.717, 1.165) is 12.8 Å². The van der Waals surface area contributed by atoms with Crippen molar-refractivity contribution >= 4 is 47.0 Å². The van der Waals surface area contributed by atoms with Gasteiger partial charge in [-0.25, -0.2) is 0 Å². The van der Waals surface area contributed by atoms with Gasteiger partial charge in [0, 0.05) is 19.0 Å². The molecule has 2 aliphatic heterocycles. The van der Waals surface area contributed by atoms with Crippen LogP contribution in [0.15, 0.2) is 0 Å². The number of carbonyl (C=O) groups is 4. The minimum Gasteiger partial charge on any atom is -0.356 e. The number of halogens is 3. The molecule has 32 heavy (non-hydrogen) atoms. The summed E-state index contributed by atoms with van der Waals surface area (Å²) >= 11 is 0. The Kier molecular flexibility index (Phi) is 6.75. The van der Waals surface area contributed by atoms with Gasteiger partial charge < -0.3 is 15.5 Å². The van der Waals surface area contributed by atoms with E-state index < -0.39 is 47.8 Å². The van der Waals surface area contributed by atoms with Crippen molar-refractivity contribution in [1.82, 2.24) is 15.5 Å². The Labute approximate surface area is 186 Å². The van der Waals surface area contributed by atoms with Crippen LogP contribution >= 0.6 is 0 Å². The normalized spacial score (nSPS) is 25.5. The fraction of sp³-hybridized carbons (Fsp3) is 0.778. The Morgan fingerprint density at radius 2 is 1.91 bits per heavy atom. The molecule has 0 radical (unpaired) electrons. The summed E-state index contributed by atoms with van der Waals surface area (Å²) in [6.45, 7) is -0.416. The van der Waals surface area contributed by atoms with Crippen LogP contribution in [0, 0.1) is 11.3 Å². The second kappa shape index (κ2) is 8.76. The Hall–Kier alpha value is -1.98. The monoisotopic (exact) mass is 455 g/mol. The topological polar surface area (TPSA) is 105 Å². The molecular formula is C18H27B3F3N3O5. The highest BCUT2D eigenvalue weighted by Gasteiger charge is 2.56. The van der Waals surface area contributed by atoms with Crippen molar-refractivity contribution in [3.05, 3.63) is 0 Å². The van der Waals surface area contributed by atoms with Crippen LogP contribution in [0.5, 0.6) is 0 Å². The zero-order chi connectivity index (χ0) is 23.9. The summed E-state index contributed by atoms with van der Waals surface area (Å²) in [6.07, 6.45) is -2.45. The third-order valence-corrected chi connectivity index (χ3v) is 6.44. The van der Waals surface area contributed by atoms with Crippen LogP contribution in [0.4, 0.5) is 13.2 Å². The molecule has 2 heterocycles. The number of rotatable bonds is 8. The summed E-state index contributed by atoms with van der Waals surface area (Å²) in [6, 6.07) is -2.12. The first-order chi connectivity index (χ1) is 14.7. The molecule has 8 nitrogen and oxygen atoms in total. The number of ketones is 1. The molecular weight excluding hydrogens is 428 g/mol. The number of hydrogen-bond donors (Lipinski definition) is 2. The fourth-order valence-corrected chi connectivity index (χ4v) is 4.42. The summed E-state index contributed by atoms with van der Waals surface area (Å²) in [5.74, 6) is -2.66. The molecule has 1 spiro atoms. The van der Waals surface area contributed by atoms with E-state index >= 15 is 0 Å². The molecule has 3 rings (SSSR count). The Morgan fingerprint density at radius 3 is 2.41 bits per heavy atom. The fourth-order valence-electron chi connectivity index (χ4n) is 4.42. The Bertz CT molecular complexity index is 801. The number of hydrogen-bond acceptors (Lipinski definition) is 5. The van der Waals surface area contributed by atoms with Gasteiger partial charge >= 0.3 is 6.36 Å². The standard InChI is InChI=1S/C18H27B3F3N3O5/c19-17(20,21)15(31)27-8-16(2-3-16)6-11(27)14(30)26-10(5-9-1-4-25-13(9)29)12(28)7-32-18(22,23)24/h9-11H,1-8,19-21H2,(H,25,29)(H,26,30)/t9-,10-,11-/m0/s1. The molecule has 3 amide bonds. The summed E-state index contributed by atoms with van der Waals surface area (Å²) in [5, 5.41) is 4.43. The lowest BCUT2D eigenvalue weighted by molar-refractivity contribution is -0.321. The highest BCUT2D eigenvalue weighted by atomic mass is 19.4. The van der Waals surface area contributed by atoms with Gasteiger partial charge in [0.05, 0.1) is 6.04 Å². The molecule has 2 N–H and O–H groups in total. The van der Waals surface area contributed by atoms with Crippen LogP contribution in [0.1, 0.15) is 32.1 Å². The predicted molar refractivity (Wildman–Crippen MR) is 115 cm³/mol. The van der Waals surface area contributed by atoms with E-state index in [2.05, 4.69) is 15.4 Å². The number of alkyl halides is 3. The zero-order valence-electron chi connectivity index (χ0n) is 18.5. The van der Waals surface area contributed by atoms with Crippen LogP contribution in [0.2, 0.25) is 5.11 Å². The average molecular weight is 455 g/mol. The van der Waals surface area contributed by atoms with Gasteiger partial charge in [0.2, 0.25) is 17.7 Å². The van der Waals surface area contributed by atoms with Gasteiger partial charge in [-0.15, -0.1) is 13.2 Å². The van der Waals surface area contributed by atoms with E-state index in [9.17, 15) is 32.3 Å². The minimum absolute atomic E-state index is 0.104. The van der Waals surface area contributed by atoms with Gasteiger partial charge in [0.15, 0.2) is 5.78 Å². The molecule has 0 aromatic rings. The second-order valence-corrected chi connectivity index (χ2v) is 10.2. The van der Waals surface area contributed by atoms with Crippen LogP contribution in [-0.2, 0) is 23.9 Å². The third-order valence-electron chi connectivity index (χ3n) is 6.44. The molecule has 0 bridgehead atoms. The maximum atomic E-state index is 13.2. The van der Waals surface area contributed by atoms with Gasteiger partial charge in [-0.3, -0.25) is 23.9 Å². The van der Waals surface area contributed by atoms with Crippen LogP contribution < -0.4 is 10.6 Å². The second-order valence-electron chi connectivity index (χ2n) is 10.2. The lowest BCUT2D eigenvalue weighted by Gasteiger charge is -2.31. The Morgan fingerprint density at radius 1 is 1.25 bits per heavy atom. The first-order valence-corrected chi connectivity index (χ1v) is 10.8. The average Bonchev–Trinajstić information content (AvgIpc) is 3.13. The number of ether oxygens (including phenoxy) is 1. The molecule has 0 aromatic carbocycles. The highest BCUT2D eigenvalue weighted by Crippen LogP contribution is 2.55. The van der Waals surface area contributed by atoms with Gasteiger partial charge in [0.1, 0.15) is 36.2 Å². The van der Waals surface area contributed by atoms with E-state index in [0.29, 0.717) is 25.9 Å². The highest BCUT2D eigenvalue weighted by molar-refractivity contribution is 6.68. The molecule has 1 saturated carbocycles. The maximum absolute atomic E-state index is 13.2. The molecule has 1 aliphatic carbocycles. The van der Waals surface area contributed by atoms with Crippen molar-refractivity contribution in [1.29, 1.82) is 0 Å². The minimum atomic E-state index is -4.99. The smallest absolute Gasteiger partial charge is 0.356 e. The molecule has 0 unspecified atom stereocenters. The number of likely N-dealkylation sites (tertiary alicyclic amines) is 1. The summed E-state index contributed by atoms with van der Waals surface area (Å²) in [4.78, 5) is 52.0. The molecule has 0 aromatic heterocycles. The van der Waals surface area contributed by atoms with Crippen molar-refractivity contribution in [2.75, 3.05) is 19.7 Å². The first kappa shape index (κ1) is 24.7. The summed E-state index contributed by atoms with van der Waals surface area (Å²) in [7, 11) is 5.26. The quantitative estimate of drug-likeness (QED) is 0.393. The molecule has 2 saturated heterocycles. The number of carbonyl (C=O) groups excluding carboxylic acids is 4. The lowest BCUT2D eigenvalue weighted by atomic mass is 9.42. The molecule has 3 atom stereocenters. The maximum Gasteiger partial charge on any atom is 0.522 e. The molecule has 3 fully saturated rings. The van der Waals surface area contributed by atoms with Gasteiger partial charge in [-0.05, 0) is 42.6 Å². The Balaban J connectivity index is 1.74. The zero-order valence-corrected chi connectivity index (χ0v) is 18.5. The SMILES string of the molecule is BC(B)(B)C(=O)N1CC2(CC2)C[C@H]1C(=O)N[C@@H](C[C@@H]1CCNC1=O)C(=O)COC(F)(F)F. The number of nitrogens with one attached hydrogen (secondary N) is 2. The van der Waals surface area contributed by atoms with Crippen molar-refractivity contribution in [3.63, 3.8) is 0 Å². The van der Waals surface area contributed by atoms with Crippen molar-refractivity contribution in [2.24, 2.45) is 11.3 Å². The number of Topliss-reactive ketones (excluding diaryl/α,β-unsaturated/α-hetero) is 1. The van der Waals surface area contributed by atoms with Crippen LogP contribution in [0.3, 0.4) is 0 Å². The lowest BCUT2D eigenvalue weighted by Crippen LogP contribution is -2.54. The third kappa shape index (κ3) is 5.87. The van der Waals surface area contributed by atoms with Gasteiger partial charge in [-0.1, -0.05) is 0 Å². The van der Waals surface area contributed by atoms with E-state index in [1.54, 1.807) is 23.5 Å². The first-order valence-electron chi connectivity index (χ1n) is 10.8. The molecule has 14 heteroatoms. The van der Waals surface area contributed by atoms with E-state index in [1.165, 1.54) is 4.90 Å². The van der Waals surface area contributed by atoms with E-state index in [-0.39, 0.29) is 23.7 Å². The van der Waals surface area contributed by atoms with Crippen LogP contribution in [0.25, 0.3) is 0 Å². The van der Waals surface area contributed by atoms with Crippen molar-refractivity contribution in [2.45, 2.75) is 55.7 Å². The van der Waals surface area contributed by atoms with Crippen molar-refractivity contribution < 1.29 is 37.1 Å². The number of nitrogens with zero attached hydrogens (tertiary/aromatic N) is 1. The van der Waals surface area contributed by atoms with E-state index in [4.69, 9.17) is 0 Å². The molecule has 3 aliphatic rings. The largest absolute Gasteiger partial charge is 0.522 e. The number of amides is 3. The van der Waals surface area contributed by atoms with E-state index in [1.807, 2.05) is 0 Å². The van der Waals surface area contributed by atoms with Crippen LogP contribution in [-0.4, -0.2) is 90.1 Å². The summed E-state index contributed by atoms with van der Waals surface area (Å²) < 4.78 is 40.9. The van der Waals surface area contributed by atoms with Gasteiger partial charge in [-0.2, -0.15) is 0 Å².